The molecule has 1 unspecified atom stereocenters. The van der Waals surface area contributed by atoms with Crippen LogP contribution in [0.4, 0.5) is 0 Å². The van der Waals surface area contributed by atoms with Crippen molar-refractivity contribution < 1.29 is 5.11 Å². The van der Waals surface area contributed by atoms with Gasteiger partial charge < -0.3 is 10.4 Å². The van der Waals surface area contributed by atoms with Gasteiger partial charge in [0.15, 0.2) is 0 Å². The first-order chi connectivity index (χ1) is 6.58. The van der Waals surface area contributed by atoms with Crippen LogP contribution in [0.2, 0.25) is 0 Å². The summed E-state index contributed by atoms with van der Waals surface area (Å²) < 4.78 is 0. The monoisotopic (exact) mass is 199 g/mol. The predicted octanol–water partition coefficient (Wildman–Crippen LogP) is 2.32. The summed E-state index contributed by atoms with van der Waals surface area (Å²) >= 11 is 0. The molecule has 2 nitrogen and oxygen atoms in total. The Labute approximate surface area is 88.1 Å². The minimum absolute atomic E-state index is 0.0117. The van der Waals surface area contributed by atoms with E-state index in [1.165, 1.54) is 25.7 Å². The fraction of sp³-hybridized carbons (Fsp3) is 1.00. The van der Waals surface area contributed by atoms with Gasteiger partial charge in [0, 0.05) is 5.54 Å². The number of rotatable bonds is 5. The Morgan fingerprint density at radius 1 is 1.43 bits per heavy atom. The van der Waals surface area contributed by atoms with E-state index in [9.17, 15) is 5.11 Å². The molecule has 0 bridgehead atoms. The number of nitrogens with one attached hydrogen (secondary N) is 1. The Morgan fingerprint density at radius 2 is 2.14 bits per heavy atom. The molecule has 0 amide bonds. The lowest BCUT2D eigenvalue weighted by atomic mass is 9.69. The molecule has 1 aliphatic heterocycles. The van der Waals surface area contributed by atoms with E-state index in [2.05, 4.69) is 26.1 Å². The standard InChI is InChI=1S/C12H25NO/c1-4-5-7-11(2,3)12(10-14)8-6-9-13-12/h13-14H,4-10H2,1-3H3. The number of hydrogen-bond acceptors (Lipinski definition) is 2. The topological polar surface area (TPSA) is 32.3 Å². The summed E-state index contributed by atoms with van der Waals surface area (Å²) in [6.07, 6.45) is 6.04. The van der Waals surface area contributed by atoms with Crippen LogP contribution in [-0.4, -0.2) is 23.8 Å². The Balaban J connectivity index is 2.65. The lowest BCUT2D eigenvalue weighted by molar-refractivity contribution is 0.0558. The predicted molar refractivity (Wildman–Crippen MR) is 60.4 cm³/mol. The van der Waals surface area contributed by atoms with Crippen LogP contribution in [0.1, 0.15) is 52.9 Å². The maximum Gasteiger partial charge on any atom is 0.0618 e. The zero-order chi connectivity index (χ0) is 10.7. The average molecular weight is 199 g/mol. The molecule has 2 heteroatoms. The third-order valence-electron chi connectivity index (χ3n) is 3.96. The van der Waals surface area contributed by atoms with Crippen LogP contribution in [0.25, 0.3) is 0 Å². The first-order valence-electron chi connectivity index (χ1n) is 5.94. The van der Waals surface area contributed by atoms with Gasteiger partial charge in [-0.15, -0.1) is 0 Å². The minimum Gasteiger partial charge on any atom is -0.394 e. The van der Waals surface area contributed by atoms with Crippen molar-refractivity contribution in [1.82, 2.24) is 5.32 Å². The van der Waals surface area contributed by atoms with Gasteiger partial charge in [-0.05, 0) is 31.2 Å². The SMILES string of the molecule is CCCCC(C)(C)C1(CO)CCCN1. The molecule has 1 heterocycles. The highest BCUT2D eigenvalue weighted by atomic mass is 16.3. The van der Waals surface area contributed by atoms with Crippen molar-refractivity contribution in [2.45, 2.75) is 58.4 Å². The molecule has 1 saturated heterocycles. The van der Waals surface area contributed by atoms with Crippen molar-refractivity contribution in [3.63, 3.8) is 0 Å². The molecule has 0 aromatic carbocycles. The van der Waals surface area contributed by atoms with Crippen molar-refractivity contribution >= 4 is 0 Å². The fourth-order valence-electron chi connectivity index (χ4n) is 2.59. The summed E-state index contributed by atoms with van der Waals surface area (Å²) in [5.74, 6) is 0. The van der Waals surface area contributed by atoms with Crippen LogP contribution in [0.15, 0.2) is 0 Å². The van der Waals surface area contributed by atoms with Crippen LogP contribution in [-0.2, 0) is 0 Å². The van der Waals surface area contributed by atoms with Crippen molar-refractivity contribution in [3.8, 4) is 0 Å². The Kier molecular flexibility index (Phi) is 3.96. The molecule has 84 valence electrons. The molecular weight excluding hydrogens is 174 g/mol. The molecule has 0 aliphatic carbocycles. The number of unbranched alkanes of at least 4 members (excludes halogenated alkanes) is 1. The van der Waals surface area contributed by atoms with Crippen molar-refractivity contribution in [2.75, 3.05) is 13.2 Å². The third-order valence-corrected chi connectivity index (χ3v) is 3.96. The minimum atomic E-state index is -0.0117. The zero-order valence-corrected chi connectivity index (χ0v) is 9.90. The highest BCUT2D eigenvalue weighted by Crippen LogP contribution is 2.41. The van der Waals surface area contributed by atoms with Gasteiger partial charge in [0.05, 0.1) is 6.61 Å². The first kappa shape index (κ1) is 12.0. The summed E-state index contributed by atoms with van der Waals surface area (Å²) in [5.41, 5.74) is 0.205. The van der Waals surface area contributed by atoms with Gasteiger partial charge in [0.25, 0.3) is 0 Å². The lowest BCUT2D eigenvalue weighted by Crippen LogP contribution is -2.55. The van der Waals surface area contributed by atoms with Gasteiger partial charge in [0.1, 0.15) is 0 Å². The summed E-state index contributed by atoms with van der Waals surface area (Å²) in [5, 5.41) is 13.1. The molecule has 1 rings (SSSR count). The van der Waals surface area contributed by atoms with Crippen molar-refractivity contribution in [2.24, 2.45) is 5.41 Å². The normalized spacial score (nSPS) is 28.3. The van der Waals surface area contributed by atoms with E-state index >= 15 is 0 Å². The zero-order valence-electron chi connectivity index (χ0n) is 9.90. The molecular formula is C12H25NO. The number of aliphatic hydroxyl groups is 1. The quantitative estimate of drug-likeness (QED) is 0.712. The van der Waals surface area contributed by atoms with Crippen LogP contribution >= 0.6 is 0 Å². The molecule has 1 atom stereocenters. The maximum atomic E-state index is 9.59. The molecule has 14 heavy (non-hydrogen) atoms. The van der Waals surface area contributed by atoms with Crippen LogP contribution in [0.5, 0.6) is 0 Å². The molecule has 0 saturated carbocycles. The highest BCUT2D eigenvalue weighted by Gasteiger charge is 2.45. The van der Waals surface area contributed by atoms with E-state index < -0.39 is 0 Å². The fourth-order valence-corrected chi connectivity index (χ4v) is 2.59. The summed E-state index contributed by atoms with van der Waals surface area (Å²) in [6, 6.07) is 0. The Morgan fingerprint density at radius 3 is 2.57 bits per heavy atom. The first-order valence-corrected chi connectivity index (χ1v) is 5.94. The third kappa shape index (κ3) is 2.12. The van der Waals surface area contributed by atoms with E-state index in [1.54, 1.807) is 0 Å². The largest absolute Gasteiger partial charge is 0.394 e. The van der Waals surface area contributed by atoms with E-state index in [0.29, 0.717) is 0 Å². The van der Waals surface area contributed by atoms with Crippen molar-refractivity contribution in [1.29, 1.82) is 0 Å². The summed E-state index contributed by atoms with van der Waals surface area (Å²) in [4.78, 5) is 0. The molecule has 0 aromatic rings. The van der Waals surface area contributed by atoms with E-state index in [4.69, 9.17) is 0 Å². The highest BCUT2D eigenvalue weighted by molar-refractivity contribution is 5.03. The number of hydrogen-bond donors (Lipinski definition) is 2. The second-order valence-electron chi connectivity index (χ2n) is 5.26. The van der Waals surface area contributed by atoms with Crippen molar-refractivity contribution in [3.05, 3.63) is 0 Å². The van der Waals surface area contributed by atoms with Gasteiger partial charge in [-0.3, -0.25) is 0 Å². The van der Waals surface area contributed by atoms with E-state index in [-0.39, 0.29) is 17.6 Å². The van der Waals surface area contributed by atoms with Gasteiger partial charge in [-0.25, -0.2) is 0 Å². The molecule has 0 radical (unpaired) electrons. The Bertz CT molecular complexity index is 171. The Hall–Kier alpha value is -0.0800. The smallest absolute Gasteiger partial charge is 0.0618 e. The van der Waals surface area contributed by atoms with Gasteiger partial charge in [-0.2, -0.15) is 0 Å². The molecule has 1 fully saturated rings. The van der Waals surface area contributed by atoms with Crippen LogP contribution in [0.3, 0.4) is 0 Å². The lowest BCUT2D eigenvalue weighted by Gasteiger charge is -2.43. The molecule has 0 spiro atoms. The number of aliphatic hydroxyl groups excluding tert-OH is 1. The average Bonchev–Trinajstić information content (AvgIpc) is 2.64. The second kappa shape index (κ2) is 4.63. The molecule has 0 aromatic heterocycles. The van der Waals surface area contributed by atoms with Gasteiger partial charge in [0.2, 0.25) is 0 Å². The second-order valence-corrected chi connectivity index (χ2v) is 5.26. The molecule has 2 N–H and O–H groups in total. The van der Waals surface area contributed by atoms with E-state index in [1.807, 2.05) is 0 Å². The van der Waals surface area contributed by atoms with Crippen LogP contribution < -0.4 is 5.32 Å². The van der Waals surface area contributed by atoms with Gasteiger partial charge in [-0.1, -0.05) is 33.6 Å². The van der Waals surface area contributed by atoms with Crippen LogP contribution in [0, 0.1) is 5.41 Å². The van der Waals surface area contributed by atoms with E-state index in [0.717, 1.165) is 13.0 Å². The summed E-state index contributed by atoms with van der Waals surface area (Å²) in [6.45, 7) is 8.15. The summed E-state index contributed by atoms with van der Waals surface area (Å²) in [7, 11) is 0. The maximum absolute atomic E-state index is 9.59. The molecule has 1 aliphatic rings. The van der Waals surface area contributed by atoms with Gasteiger partial charge >= 0.3 is 0 Å².